The van der Waals surface area contributed by atoms with Gasteiger partial charge in [-0.2, -0.15) is 0 Å². The van der Waals surface area contributed by atoms with E-state index < -0.39 is 10.7 Å². The first-order valence-corrected chi connectivity index (χ1v) is 7.86. The van der Waals surface area contributed by atoms with E-state index in [-0.39, 0.29) is 24.6 Å². The highest BCUT2D eigenvalue weighted by Gasteiger charge is 2.40. The fourth-order valence-electron chi connectivity index (χ4n) is 2.47. The molecule has 1 heterocycles. The van der Waals surface area contributed by atoms with Crippen LogP contribution in [0.5, 0.6) is 0 Å². The second-order valence-electron chi connectivity index (χ2n) is 5.22. The molecule has 2 N–H and O–H groups in total. The van der Waals surface area contributed by atoms with Crippen LogP contribution < -0.4 is 4.90 Å². The van der Waals surface area contributed by atoms with Gasteiger partial charge in [-0.1, -0.05) is 0 Å². The highest BCUT2D eigenvalue weighted by molar-refractivity contribution is 8.01. The van der Waals surface area contributed by atoms with Crippen molar-refractivity contribution in [2.45, 2.75) is 24.5 Å². The van der Waals surface area contributed by atoms with Gasteiger partial charge in [0.05, 0.1) is 16.9 Å². The number of carbonyl (C=O) groups is 2. The first-order chi connectivity index (χ1) is 9.98. The molecule has 1 aliphatic rings. The predicted octanol–water partition coefficient (Wildman–Crippen LogP) is 2.00. The number of rotatable bonds is 5. The van der Waals surface area contributed by atoms with Gasteiger partial charge in [0.2, 0.25) is 5.91 Å². The number of hydrogen-bond donors (Lipinski definition) is 2. The fourth-order valence-corrected chi connectivity index (χ4v) is 3.73. The van der Waals surface area contributed by atoms with Gasteiger partial charge in [0, 0.05) is 12.2 Å². The average molecular weight is 309 g/mol. The molecular weight excluding hydrogens is 290 g/mol. The van der Waals surface area contributed by atoms with Crippen molar-refractivity contribution in [1.82, 2.24) is 0 Å². The number of carboxylic acid groups (broad SMARTS) is 1. The summed E-state index contributed by atoms with van der Waals surface area (Å²) in [5, 5.41) is 18.1. The Morgan fingerprint density at radius 1 is 1.33 bits per heavy atom. The lowest BCUT2D eigenvalue weighted by Gasteiger charge is -2.30. The summed E-state index contributed by atoms with van der Waals surface area (Å²) in [4.78, 5) is 25.2. The molecule has 114 valence electrons. The van der Waals surface area contributed by atoms with E-state index in [9.17, 15) is 14.7 Å². The molecule has 0 aromatic heterocycles. The molecule has 6 heteroatoms. The maximum atomic E-state index is 12.8. The Bertz CT molecular complexity index is 523. The molecule has 0 aliphatic carbocycles. The van der Waals surface area contributed by atoms with Gasteiger partial charge < -0.3 is 15.1 Å². The van der Waals surface area contributed by atoms with Gasteiger partial charge in [0.1, 0.15) is 0 Å². The molecule has 1 atom stereocenters. The van der Waals surface area contributed by atoms with E-state index in [0.717, 1.165) is 18.6 Å². The van der Waals surface area contributed by atoms with E-state index in [4.69, 9.17) is 5.11 Å². The van der Waals surface area contributed by atoms with Crippen molar-refractivity contribution in [2.24, 2.45) is 0 Å². The number of hydrogen-bond acceptors (Lipinski definition) is 4. The first kappa shape index (κ1) is 15.9. The molecule has 1 saturated heterocycles. The highest BCUT2D eigenvalue weighted by Crippen LogP contribution is 2.40. The van der Waals surface area contributed by atoms with Crippen LogP contribution in [0.3, 0.4) is 0 Å². The quantitative estimate of drug-likeness (QED) is 0.870. The molecule has 21 heavy (non-hydrogen) atoms. The predicted molar refractivity (Wildman–Crippen MR) is 82.9 cm³/mol. The number of benzene rings is 1. The van der Waals surface area contributed by atoms with Crippen molar-refractivity contribution in [2.75, 3.05) is 23.8 Å². The second kappa shape index (κ2) is 6.49. The molecule has 2 rings (SSSR count). The summed E-state index contributed by atoms with van der Waals surface area (Å²) in [5.41, 5.74) is 0.796. The smallest absolute Gasteiger partial charge is 0.335 e. The summed E-state index contributed by atoms with van der Waals surface area (Å²) >= 11 is 1.64. The van der Waals surface area contributed by atoms with Gasteiger partial charge in [-0.15, -0.1) is 11.8 Å². The molecule has 0 radical (unpaired) electrons. The molecule has 0 spiro atoms. The van der Waals surface area contributed by atoms with Crippen LogP contribution in [0.1, 0.15) is 30.1 Å². The molecule has 1 aliphatic heterocycles. The Hall–Kier alpha value is -1.53. The van der Waals surface area contributed by atoms with Crippen LogP contribution in [-0.2, 0) is 4.79 Å². The average Bonchev–Trinajstić information content (AvgIpc) is 2.92. The number of amides is 1. The first-order valence-electron chi connectivity index (χ1n) is 6.88. The zero-order valence-corrected chi connectivity index (χ0v) is 12.7. The van der Waals surface area contributed by atoms with Crippen LogP contribution >= 0.6 is 11.8 Å². The number of aromatic carboxylic acids is 1. The lowest BCUT2D eigenvalue weighted by Crippen LogP contribution is -2.45. The number of aliphatic hydroxyl groups excluding tert-OH is 1. The molecule has 1 amide bonds. The van der Waals surface area contributed by atoms with Gasteiger partial charge in [0.25, 0.3) is 0 Å². The zero-order valence-electron chi connectivity index (χ0n) is 11.9. The Morgan fingerprint density at radius 2 is 2.00 bits per heavy atom. The summed E-state index contributed by atoms with van der Waals surface area (Å²) < 4.78 is -0.458. The molecule has 0 bridgehead atoms. The number of carbonyl (C=O) groups excluding carboxylic acids is 1. The topological polar surface area (TPSA) is 77.8 Å². The van der Waals surface area contributed by atoms with E-state index in [0.29, 0.717) is 5.69 Å². The van der Waals surface area contributed by atoms with Crippen molar-refractivity contribution in [3.05, 3.63) is 29.8 Å². The summed E-state index contributed by atoms with van der Waals surface area (Å²) in [6.07, 6.45) is 1.84. The van der Waals surface area contributed by atoms with Gasteiger partial charge >= 0.3 is 5.97 Å². The largest absolute Gasteiger partial charge is 0.478 e. The van der Waals surface area contributed by atoms with Crippen LogP contribution in [0.4, 0.5) is 5.69 Å². The van der Waals surface area contributed by atoms with Crippen molar-refractivity contribution in [1.29, 1.82) is 0 Å². The summed E-state index contributed by atoms with van der Waals surface area (Å²) in [6, 6.07) is 6.17. The minimum atomic E-state index is -1.00. The third kappa shape index (κ3) is 3.39. The molecule has 1 unspecified atom stereocenters. The monoisotopic (exact) mass is 309 g/mol. The van der Waals surface area contributed by atoms with Crippen LogP contribution in [0, 0.1) is 0 Å². The number of thioether (sulfide) groups is 1. The van der Waals surface area contributed by atoms with E-state index >= 15 is 0 Å². The lowest BCUT2D eigenvalue weighted by atomic mass is 10.0. The Kier molecular flexibility index (Phi) is 4.90. The maximum absolute atomic E-state index is 12.8. The second-order valence-corrected chi connectivity index (χ2v) is 6.81. The van der Waals surface area contributed by atoms with Crippen LogP contribution in [0.2, 0.25) is 0 Å². The molecule has 1 fully saturated rings. The molecular formula is C15H19NO4S. The van der Waals surface area contributed by atoms with E-state index in [1.54, 1.807) is 28.8 Å². The molecule has 0 saturated carbocycles. The van der Waals surface area contributed by atoms with E-state index in [2.05, 4.69) is 0 Å². The highest BCUT2D eigenvalue weighted by atomic mass is 32.2. The summed E-state index contributed by atoms with van der Waals surface area (Å²) in [6.45, 7) is 2.01. The minimum absolute atomic E-state index is 0.0258. The minimum Gasteiger partial charge on any atom is -0.478 e. The zero-order chi connectivity index (χ0) is 15.5. The van der Waals surface area contributed by atoms with Gasteiger partial charge in [-0.05, 0) is 49.8 Å². The third-order valence-electron chi connectivity index (χ3n) is 3.67. The third-order valence-corrected chi connectivity index (χ3v) is 5.17. The maximum Gasteiger partial charge on any atom is 0.335 e. The molecule has 5 nitrogen and oxygen atoms in total. The van der Waals surface area contributed by atoms with Crippen molar-refractivity contribution < 1.29 is 19.8 Å². The fraction of sp³-hybridized carbons (Fsp3) is 0.467. The van der Waals surface area contributed by atoms with Crippen molar-refractivity contribution in [3.8, 4) is 0 Å². The number of carboxylic acids is 1. The van der Waals surface area contributed by atoms with Gasteiger partial charge in [-0.25, -0.2) is 4.79 Å². The Balaban J connectivity index is 2.25. The van der Waals surface area contributed by atoms with Crippen LogP contribution in [0.25, 0.3) is 0 Å². The number of aliphatic hydroxyl groups is 1. The van der Waals surface area contributed by atoms with E-state index in [1.165, 1.54) is 12.1 Å². The standard InChI is InChI=1S/C15H19NO4S/c1-15(7-2-10-21-15)14(20)16(8-9-17)12-5-3-11(4-6-12)13(18)19/h3-6,17H,2,7-10H2,1H3,(H,18,19). The molecule has 1 aromatic rings. The number of nitrogens with zero attached hydrogens (tertiary/aromatic N) is 1. The lowest BCUT2D eigenvalue weighted by molar-refractivity contribution is -0.120. The van der Waals surface area contributed by atoms with Crippen LogP contribution in [0.15, 0.2) is 24.3 Å². The van der Waals surface area contributed by atoms with Crippen LogP contribution in [-0.4, -0.2) is 45.7 Å². The van der Waals surface area contributed by atoms with Crippen molar-refractivity contribution >= 4 is 29.3 Å². The SMILES string of the molecule is CC1(C(=O)N(CCO)c2ccc(C(=O)O)cc2)CCCS1. The normalized spacial score (nSPS) is 21.2. The number of anilines is 1. The van der Waals surface area contributed by atoms with Crippen molar-refractivity contribution in [3.63, 3.8) is 0 Å². The summed E-state index contributed by atoms with van der Waals surface area (Å²) in [5.74, 6) is -0.0605. The Labute approximate surface area is 128 Å². The summed E-state index contributed by atoms with van der Waals surface area (Å²) in [7, 11) is 0. The van der Waals surface area contributed by atoms with Gasteiger partial charge in [0.15, 0.2) is 0 Å². The Morgan fingerprint density at radius 3 is 2.48 bits per heavy atom. The van der Waals surface area contributed by atoms with E-state index in [1.807, 2.05) is 6.92 Å². The molecule has 1 aromatic carbocycles. The van der Waals surface area contributed by atoms with Gasteiger partial charge in [-0.3, -0.25) is 4.79 Å².